The standard InChI is InChI=1S/C24H31N3O4/c1-17-23(18(2)31-25-17)24(29)26-13-21(30-16-19-9-5-3-6-10-19)14-27(22(28)15-26)20-11-7-4-8-12-20/h3,5-6,9-10,20-21H,4,7-8,11-16H2,1-2H3. The molecule has 0 spiro atoms. The van der Waals surface area contributed by atoms with E-state index in [9.17, 15) is 9.59 Å². The van der Waals surface area contributed by atoms with Crippen LogP contribution in [0.25, 0.3) is 0 Å². The van der Waals surface area contributed by atoms with Crippen LogP contribution in [0.3, 0.4) is 0 Å². The predicted molar refractivity (Wildman–Crippen MR) is 115 cm³/mol. The van der Waals surface area contributed by atoms with Gasteiger partial charge in [0.05, 0.1) is 18.4 Å². The van der Waals surface area contributed by atoms with Crippen molar-refractivity contribution in [3.05, 3.63) is 52.9 Å². The monoisotopic (exact) mass is 425 g/mol. The van der Waals surface area contributed by atoms with E-state index in [2.05, 4.69) is 5.16 Å². The van der Waals surface area contributed by atoms with Crippen molar-refractivity contribution in [2.75, 3.05) is 19.6 Å². The number of rotatable bonds is 5. The second kappa shape index (κ2) is 9.64. The van der Waals surface area contributed by atoms with Gasteiger partial charge in [-0.3, -0.25) is 9.59 Å². The maximum absolute atomic E-state index is 13.3. The van der Waals surface area contributed by atoms with E-state index in [1.165, 1.54) is 6.42 Å². The molecule has 7 nitrogen and oxygen atoms in total. The van der Waals surface area contributed by atoms with Crippen molar-refractivity contribution < 1.29 is 18.8 Å². The highest BCUT2D eigenvalue weighted by Crippen LogP contribution is 2.26. The summed E-state index contributed by atoms with van der Waals surface area (Å²) in [4.78, 5) is 30.1. The second-order valence-corrected chi connectivity index (χ2v) is 8.64. The molecule has 2 aliphatic rings. The van der Waals surface area contributed by atoms with E-state index in [4.69, 9.17) is 9.26 Å². The minimum atomic E-state index is -0.252. The first-order valence-electron chi connectivity index (χ1n) is 11.2. The fourth-order valence-electron chi connectivity index (χ4n) is 4.68. The highest BCUT2D eigenvalue weighted by atomic mass is 16.5. The van der Waals surface area contributed by atoms with Gasteiger partial charge in [-0.25, -0.2) is 0 Å². The molecule has 1 aliphatic carbocycles. The summed E-state index contributed by atoms with van der Waals surface area (Å²) in [6.45, 7) is 4.87. The Balaban J connectivity index is 1.55. The minimum absolute atomic E-state index is 0.00202. The van der Waals surface area contributed by atoms with E-state index >= 15 is 0 Å². The molecule has 0 N–H and O–H groups in total. The zero-order chi connectivity index (χ0) is 21.8. The van der Waals surface area contributed by atoms with Crippen LogP contribution in [0.5, 0.6) is 0 Å². The molecule has 2 aromatic rings. The lowest BCUT2D eigenvalue weighted by molar-refractivity contribution is -0.134. The summed E-state index contributed by atoms with van der Waals surface area (Å²) in [5.41, 5.74) is 2.07. The lowest BCUT2D eigenvalue weighted by Crippen LogP contribution is -2.46. The van der Waals surface area contributed by atoms with E-state index in [0.29, 0.717) is 36.7 Å². The highest BCUT2D eigenvalue weighted by Gasteiger charge is 2.36. The van der Waals surface area contributed by atoms with E-state index in [-0.39, 0.29) is 30.5 Å². The number of carbonyl (C=O) groups is 2. The Morgan fingerprint density at radius 3 is 2.55 bits per heavy atom. The fourth-order valence-corrected chi connectivity index (χ4v) is 4.68. The molecule has 2 fully saturated rings. The molecule has 1 aromatic carbocycles. The molecule has 1 aromatic heterocycles. The van der Waals surface area contributed by atoms with E-state index in [1.54, 1.807) is 18.7 Å². The summed E-state index contributed by atoms with van der Waals surface area (Å²) in [7, 11) is 0. The number of aromatic nitrogens is 1. The summed E-state index contributed by atoms with van der Waals surface area (Å²) in [5, 5.41) is 3.91. The number of benzene rings is 1. The van der Waals surface area contributed by atoms with Crippen LogP contribution in [0.15, 0.2) is 34.9 Å². The largest absolute Gasteiger partial charge is 0.370 e. The van der Waals surface area contributed by atoms with Crippen molar-refractivity contribution in [3.63, 3.8) is 0 Å². The molecule has 2 amide bonds. The molecule has 1 atom stereocenters. The fraction of sp³-hybridized carbons (Fsp3) is 0.542. The average Bonchev–Trinajstić information content (AvgIpc) is 3.03. The molecule has 2 heterocycles. The quantitative estimate of drug-likeness (QED) is 0.733. The molecule has 0 radical (unpaired) electrons. The van der Waals surface area contributed by atoms with Crippen molar-refractivity contribution >= 4 is 11.8 Å². The Bertz CT molecular complexity index is 885. The van der Waals surface area contributed by atoms with Crippen LogP contribution < -0.4 is 0 Å². The first kappa shape index (κ1) is 21.6. The third kappa shape index (κ3) is 4.98. The number of hydrogen-bond acceptors (Lipinski definition) is 5. The third-order valence-electron chi connectivity index (χ3n) is 6.35. The molecule has 166 valence electrons. The number of nitrogens with zero attached hydrogens (tertiary/aromatic N) is 3. The van der Waals surface area contributed by atoms with Crippen LogP contribution >= 0.6 is 0 Å². The first-order chi connectivity index (χ1) is 15.0. The van der Waals surface area contributed by atoms with E-state index < -0.39 is 0 Å². The van der Waals surface area contributed by atoms with Gasteiger partial charge >= 0.3 is 0 Å². The van der Waals surface area contributed by atoms with Crippen LogP contribution in [0.2, 0.25) is 0 Å². The van der Waals surface area contributed by atoms with Gasteiger partial charge in [-0.2, -0.15) is 0 Å². The molecule has 1 aliphatic heterocycles. The Morgan fingerprint density at radius 2 is 1.87 bits per heavy atom. The Kier molecular flexibility index (Phi) is 6.70. The third-order valence-corrected chi connectivity index (χ3v) is 6.35. The van der Waals surface area contributed by atoms with Crippen molar-refractivity contribution in [1.29, 1.82) is 0 Å². The Labute approximate surface area is 183 Å². The van der Waals surface area contributed by atoms with Gasteiger partial charge < -0.3 is 19.1 Å². The molecule has 7 heteroatoms. The SMILES string of the molecule is Cc1noc(C)c1C(=O)N1CC(=O)N(C2CCCCC2)CC(OCc2ccccc2)C1. The Morgan fingerprint density at radius 1 is 1.13 bits per heavy atom. The number of ether oxygens (including phenoxy) is 1. The minimum Gasteiger partial charge on any atom is -0.370 e. The summed E-state index contributed by atoms with van der Waals surface area (Å²) < 4.78 is 11.4. The topological polar surface area (TPSA) is 75.9 Å². The van der Waals surface area contributed by atoms with Crippen LogP contribution in [-0.2, 0) is 16.1 Å². The van der Waals surface area contributed by atoms with Gasteiger partial charge in [0.2, 0.25) is 5.91 Å². The maximum Gasteiger partial charge on any atom is 0.259 e. The van der Waals surface area contributed by atoms with Crippen LogP contribution in [0, 0.1) is 13.8 Å². The van der Waals surface area contributed by atoms with Crippen molar-refractivity contribution in [2.45, 2.75) is 64.7 Å². The van der Waals surface area contributed by atoms with Gasteiger partial charge in [-0.15, -0.1) is 0 Å². The molecule has 1 saturated heterocycles. The summed E-state index contributed by atoms with van der Waals surface area (Å²) >= 11 is 0. The van der Waals surface area contributed by atoms with Crippen molar-refractivity contribution in [3.8, 4) is 0 Å². The predicted octanol–water partition coefficient (Wildman–Crippen LogP) is 3.49. The van der Waals surface area contributed by atoms with Gasteiger partial charge in [0.15, 0.2) is 0 Å². The van der Waals surface area contributed by atoms with Gasteiger partial charge in [0.25, 0.3) is 5.91 Å². The average molecular weight is 426 g/mol. The summed E-state index contributed by atoms with van der Waals surface area (Å²) in [6.07, 6.45) is 5.31. The number of hydrogen-bond donors (Lipinski definition) is 0. The Hall–Kier alpha value is -2.67. The number of aryl methyl sites for hydroxylation is 2. The molecular formula is C24H31N3O4. The van der Waals surface area contributed by atoms with Crippen LogP contribution in [0.1, 0.15) is 59.5 Å². The lowest BCUT2D eigenvalue weighted by atomic mass is 9.94. The zero-order valence-corrected chi connectivity index (χ0v) is 18.4. The lowest BCUT2D eigenvalue weighted by Gasteiger charge is -2.34. The maximum atomic E-state index is 13.3. The molecule has 4 rings (SSSR count). The molecule has 1 saturated carbocycles. The summed E-state index contributed by atoms with van der Waals surface area (Å²) in [5.74, 6) is 0.256. The normalized spacial score (nSPS) is 20.7. The van der Waals surface area contributed by atoms with Crippen molar-refractivity contribution in [1.82, 2.24) is 15.0 Å². The molecular weight excluding hydrogens is 394 g/mol. The summed E-state index contributed by atoms with van der Waals surface area (Å²) in [6, 6.07) is 10.2. The van der Waals surface area contributed by atoms with Gasteiger partial charge in [0.1, 0.15) is 17.9 Å². The highest BCUT2D eigenvalue weighted by molar-refractivity contribution is 5.98. The second-order valence-electron chi connectivity index (χ2n) is 8.64. The number of carbonyl (C=O) groups excluding carboxylic acids is 2. The molecule has 0 bridgehead atoms. The van der Waals surface area contributed by atoms with E-state index in [0.717, 1.165) is 31.2 Å². The first-order valence-corrected chi connectivity index (χ1v) is 11.2. The number of amides is 2. The smallest absolute Gasteiger partial charge is 0.259 e. The van der Waals surface area contributed by atoms with Gasteiger partial charge in [-0.1, -0.05) is 54.8 Å². The zero-order valence-electron chi connectivity index (χ0n) is 18.4. The van der Waals surface area contributed by atoms with Crippen LogP contribution in [0.4, 0.5) is 0 Å². The van der Waals surface area contributed by atoms with Gasteiger partial charge in [-0.05, 0) is 32.3 Å². The molecule has 1 unspecified atom stereocenters. The van der Waals surface area contributed by atoms with E-state index in [1.807, 2.05) is 35.2 Å². The van der Waals surface area contributed by atoms with Crippen LogP contribution in [-0.4, -0.2) is 58.6 Å². The molecule has 31 heavy (non-hydrogen) atoms. The van der Waals surface area contributed by atoms with Crippen molar-refractivity contribution in [2.24, 2.45) is 0 Å². The van der Waals surface area contributed by atoms with Gasteiger partial charge in [0, 0.05) is 19.1 Å².